The number of fused-ring (bicyclic) bond motifs is 1. The maximum Gasteiger partial charge on any atom is 0.267 e. The average Bonchev–Trinajstić information content (AvgIpc) is 2.80. The zero-order valence-corrected chi connectivity index (χ0v) is 19.7. The number of sulfonamides is 1. The van der Waals surface area contributed by atoms with Crippen molar-refractivity contribution in [3.8, 4) is 5.75 Å². The molecule has 3 aromatic carbocycles. The molecule has 1 aliphatic rings. The zero-order valence-electron chi connectivity index (χ0n) is 18.9. The molecule has 1 heterocycles. The van der Waals surface area contributed by atoms with E-state index in [4.69, 9.17) is 4.74 Å². The number of halogens is 2. The number of benzene rings is 3. The van der Waals surface area contributed by atoms with Crippen LogP contribution in [0.3, 0.4) is 0 Å². The Morgan fingerprint density at radius 3 is 2.35 bits per heavy atom. The van der Waals surface area contributed by atoms with E-state index in [-0.39, 0.29) is 28.3 Å². The number of carbonyl (C=O) groups excluding carboxylic acids is 1. The smallest absolute Gasteiger partial charge is 0.267 e. The van der Waals surface area contributed by atoms with Crippen LogP contribution in [0.15, 0.2) is 71.6 Å². The lowest BCUT2D eigenvalue weighted by Gasteiger charge is -2.36. The number of carbonyl (C=O) groups is 1. The number of nitrogens with one attached hydrogen (secondary N) is 1. The molecule has 1 aliphatic heterocycles. The molecule has 3 aromatic rings. The topological polar surface area (TPSA) is 75.7 Å². The Labute approximate surface area is 197 Å². The third kappa shape index (κ3) is 4.61. The molecule has 1 unspecified atom stereocenters. The summed E-state index contributed by atoms with van der Waals surface area (Å²) in [7, 11) is -4.03. The highest BCUT2D eigenvalue weighted by atomic mass is 32.2. The molecule has 1 atom stereocenters. The molecule has 1 amide bonds. The lowest BCUT2D eigenvalue weighted by molar-refractivity contribution is -0.122. The van der Waals surface area contributed by atoms with Gasteiger partial charge in [0.15, 0.2) is 17.7 Å². The molecular formula is C25H24F2N2O4S. The summed E-state index contributed by atoms with van der Waals surface area (Å²) in [5.74, 6) is -2.62. The number of ether oxygens (including phenoxy) is 1. The molecule has 34 heavy (non-hydrogen) atoms. The Kier molecular flexibility index (Phi) is 6.07. The van der Waals surface area contributed by atoms with Crippen molar-refractivity contribution < 1.29 is 26.7 Å². The van der Waals surface area contributed by atoms with Gasteiger partial charge in [0.2, 0.25) is 0 Å². The number of anilines is 2. The second kappa shape index (κ2) is 8.72. The van der Waals surface area contributed by atoms with Gasteiger partial charge >= 0.3 is 0 Å². The van der Waals surface area contributed by atoms with Gasteiger partial charge in [0.05, 0.1) is 17.1 Å². The standard InChI is InChI=1S/C25H24F2N2O4S/c1-25(2,3)16-9-12-22-21(13-16)29(34(31,32)18-7-5-4-6-8-18)15-23(33-22)24(30)28-17-10-11-19(26)20(27)14-17/h4-14,23H,15H2,1-3H3,(H,28,30). The van der Waals surface area contributed by atoms with Crippen LogP contribution in [0.5, 0.6) is 5.75 Å². The molecule has 9 heteroatoms. The fourth-order valence-electron chi connectivity index (χ4n) is 3.60. The summed E-state index contributed by atoms with van der Waals surface area (Å²) in [4.78, 5) is 13.0. The molecule has 0 bridgehead atoms. The predicted octanol–water partition coefficient (Wildman–Crippen LogP) is 4.86. The van der Waals surface area contributed by atoms with Gasteiger partial charge in [-0.1, -0.05) is 45.0 Å². The van der Waals surface area contributed by atoms with Gasteiger partial charge < -0.3 is 10.1 Å². The molecule has 0 spiro atoms. The molecule has 0 aromatic heterocycles. The van der Waals surface area contributed by atoms with E-state index in [1.807, 2.05) is 26.8 Å². The lowest BCUT2D eigenvalue weighted by atomic mass is 9.86. The molecule has 6 nitrogen and oxygen atoms in total. The summed E-state index contributed by atoms with van der Waals surface area (Å²) in [6.45, 7) is 5.72. The Morgan fingerprint density at radius 2 is 1.71 bits per heavy atom. The second-order valence-corrected chi connectivity index (χ2v) is 10.9. The minimum atomic E-state index is -4.03. The quantitative estimate of drug-likeness (QED) is 0.572. The molecule has 0 aliphatic carbocycles. The van der Waals surface area contributed by atoms with Crippen LogP contribution in [-0.4, -0.2) is 27.0 Å². The molecule has 0 radical (unpaired) electrons. The highest BCUT2D eigenvalue weighted by Crippen LogP contribution is 2.40. The first kappa shape index (κ1) is 23.7. The van der Waals surface area contributed by atoms with Gasteiger partial charge in [0.25, 0.3) is 15.9 Å². The van der Waals surface area contributed by atoms with Crippen LogP contribution in [-0.2, 0) is 20.2 Å². The third-order valence-corrected chi connectivity index (χ3v) is 7.30. The van der Waals surface area contributed by atoms with Gasteiger partial charge in [-0.3, -0.25) is 9.10 Å². The van der Waals surface area contributed by atoms with Gasteiger partial charge in [-0.15, -0.1) is 0 Å². The number of hydrogen-bond acceptors (Lipinski definition) is 4. The van der Waals surface area contributed by atoms with E-state index in [0.717, 1.165) is 22.0 Å². The fraction of sp³-hybridized carbons (Fsp3) is 0.240. The lowest BCUT2D eigenvalue weighted by Crippen LogP contribution is -2.49. The highest BCUT2D eigenvalue weighted by Gasteiger charge is 2.38. The van der Waals surface area contributed by atoms with Crippen LogP contribution in [0.4, 0.5) is 20.2 Å². The van der Waals surface area contributed by atoms with Gasteiger partial charge in [0.1, 0.15) is 5.75 Å². The number of hydrogen-bond donors (Lipinski definition) is 1. The summed E-state index contributed by atoms with van der Waals surface area (Å²) in [6, 6.07) is 16.1. The SMILES string of the molecule is CC(C)(C)c1ccc2c(c1)N(S(=O)(=O)c1ccccc1)CC(C(=O)Nc1ccc(F)c(F)c1)O2. The number of rotatable bonds is 4. The van der Waals surface area contributed by atoms with Crippen LogP contribution >= 0.6 is 0 Å². The monoisotopic (exact) mass is 486 g/mol. The molecule has 1 N–H and O–H groups in total. The molecule has 178 valence electrons. The highest BCUT2D eigenvalue weighted by molar-refractivity contribution is 7.92. The molecule has 0 fully saturated rings. The number of nitrogens with zero attached hydrogens (tertiary/aromatic N) is 1. The summed E-state index contributed by atoms with van der Waals surface area (Å²) in [6.07, 6.45) is -1.22. The van der Waals surface area contributed by atoms with Crippen LogP contribution < -0.4 is 14.4 Å². The third-order valence-electron chi connectivity index (χ3n) is 5.51. The zero-order chi connectivity index (χ0) is 24.7. The van der Waals surface area contributed by atoms with E-state index < -0.39 is 33.7 Å². The first-order chi connectivity index (χ1) is 16.0. The fourth-order valence-corrected chi connectivity index (χ4v) is 5.09. The molecular weight excluding hydrogens is 462 g/mol. The van der Waals surface area contributed by atoms with Crippen LogP contribution in [0.25, 0.3) is 0 Å². The van der Waals surface area contributed by atoms with Crippen molar-refractivity contribution in [1.82, 2.24) is 0 Å². The first-order valence-corrected chi connectivity index (χ1v) is 12.1. The molecule has 0 saturated carbocycles. The molecule has 0 saturated heterocycles. The Bertz CT molecular complexity index is 1340. The number of amides is 1. The normalized spacial score (nSPS) is 15.9. The van der Waals surface area contributed by atoms with E-state index in [1.54, 1.807) is 30.3 Å². The van der Waals surface area contributed by atoms with Crippen molar-refractivity contribution in [2.75, 3.05) is 16.2 Å². The predicted molar refractivity (Wildman–Crippen MR) is 126 cm³/mol. The van der Waals surface area contributed by atoms with Crippen molar-refractivity contribution in [1.29, 1.82) is 0 Å². The van der Waals surface area contributed by atoms with E-state index in [2.05, 4.69) is 5.32 Å². The van der Waals surface area contributed by atoms with Crippen LogP contribution in [0, 0.1) is 11.6 Å². The van der Waals surface area contributed by atoms with Gasteiger partial charge in [-0.2, -0.15) is 0 Å². The Morgan fingerprint density at radius 1 is 1.00 bits per heavy atom. The van der Waals surface area contributed by atoms with E-state index in [1.165, 1.54) is 18.2 Å². The van der Waals surface area contributed by atoms with E-state index >= 15 is 0 Å². The maximum atomic E-state index is 13.6. The van der Waals surface area contributed by atoms with E-state index in [0.29, 0.717) is 5.69 Å². The Balaban J connectivity index is 1.73. The minimum Gasteiger partial charge on any atom is -0.476 e. The second-order valence-electron chi connectivity index (χ2n) is 9.01. The van der Waals surface area contributed by atoms with Gasteiger partial charge in [-0.05, 0) is 47.4 Å². The van der Waals surface area contributed by atoms with Crippen molar-refractivity contribution in [2.24, 2.45) is 0 Å². The maximum absolute atomic E-state index is 13.6. The Hall–Kier alpha value is -3.46. The average molecular weight is 487 g/mol. The largest absolute Gasteiger partial charge is 0.476 e. The summed E-state index contributed by atoms with van der Waals surface area (Å²) in [5.41, 5.74) is 0.998. The summed E-state index contributed by atoms with van der Waals surface area (Å²) in [5, 5.41) is 2.47. The van der Waals surface area contributed by atoms with Crippen molar-refractivity contribution in [2.45, 2.75) is 37.2 Å². The van der Waals surface area contributed by atoms with Gasteiger partial charge in [-0.25, -0.2) is 17.2 Å². The van der Waals surface area contributed by atoms with Gasteiger partial charge in [0, 0.05) is 11.8 Å². The first-order valence-electron chi connectivity index (χ1n) is 10.6. The van der Waals surface area contributed by atoms with E-state index in [9.17, 15) is 22.0 Å². The van der Waals surface area contributed by atoms with Crippen molar-refractivity contribution in [3.63, 3.8) is 0 Å². The van der Waals surface area contributed by atoms with Crippen molar-refractivity contribution in [3.05, 3.63) is 83.9 Å². The van der Waals surface area contributed by atoms with Crippen LogP contribution in [0.2, 0.25) is 0 Å². The van der Waals surface area contributed by atoms with Crippen molar-refractivity contribution >= 4 is 27.3 Å². The molecule has 4 rings (SSSR count). The minimum absolute atomic E-state index is 0.0267. The summed E-state index contributed by atoms with van der Waals surface area (Å²) < 4.78 is 60.9. The van der Waals surface area contributed by atoms with Crippen LogP contribution in [0.1, 0.15) is 26.3 Å². The summed E-state index contributed by atoms with van der Waals surface area (Å²) >= 11 is 0.